The summed E-state index contributed by atoms with van der Waals surface area (Å²) in [6.45, 7) is 0. The Balaban J connectivity index is 2.28. The number of azo groups is 1. The molecular weight excluding hydrogens is 204 g/mol. The number of benzene rings is 1. The van der Waals surface area contributed by atoms with E-state index in [2.05, 4.69) is 15.2 Å². The monoisotopic (exact) mass is 214 g/mol. The second-order valence-corrected chi connectivity index (χ2v) is 3.16. The van der Waals surface area contributed by atoms with E-state index in [1.165, 1.54) is 6.07 Å². The van der Waals surface area contributed by atoms with Crippen LogP contribution in [0.3, 0.4) is 0 Å². The van der Waals surface area contributed by atoms with Crippen molar-refractivity contribution < 1.29 is 0 Å². The normalized spacial score (nSPS) is 10.8. The summed E-state index contributed by atoms with van der Waals surface area (Å²) in [5, 5.41) is 7.77. The molecule has 0 unspecified atom stereocenters. The summed E-state index contributed by atoms with van der Waals surface area (Å²) in [6.07, 6.45) is 0. The van der Waals surface area contributed by atoms with Gasteiger partial charge >= 0.3 is 0 Å². The topological polar surface area (TPSA) is 83.6 Å². The summed E-state index contributed by atoms with van der Waals surface area (Å²) in [4.78, 5) is 13.8. The lowest BCUT2D eigenvalue weighted by Crippen LogP contribution is -2.06. The zero-order chi connectivity index (χ0) is 11.4. The van der Waals surface area contributed by atoms with Gasteiger partial charge < -0.3 is 10.7 Å². The van der Waals surface area contributed by atoms with Crippen molar-refractivity contribution in [2.24, 2.45) is 10.2 Å². The molecule has 0 fully saturated rings. The Kier molecular flexibility index (Phi) is 2.77. The molecule has 80 valence electrons. The number of nitrogens with one attached hydrogen (secondary N) is 1. The highest BCUT2D eigenvalue weighted by atomic mass is 16.1. The SMILES string of the molecule is Nc1ccc(N=Nc2ccccc2)c(=O)[nH]1. The summed E-state index contributed by atoms with van der Waals surface area (Å²) in [5.74, 6) is 0.309. The largest absolute Gasteiger partial charge is 0.385 e. The summed E-state index contributed by atoms with van der Waals surface area (Å²) >= 11 is 0. The van der Waals surface area contributed by atoms with E-state index in [0.29, 0.717) is 11.5 Å². The summed E-state index contributed by atoms with van der Waals surface area (Å²) in [5.41, 5.74) is 5.99. The van der Waals surface area contributed by atoms with Crippen molar-refractivity contribution in [3.63, 3.8) is 0 Å². The predicted molar refractivity (Wildman–Crippen MR) is 62.1 cm³/mol. The van der Waals surface area contributed by atoms with E-state index >= 15 is 0 Å². The van der Waals surface area contributed by atoms with E-state index < -0.39 is 0 Å². The number of nitrogens with zero attached hydrogens (tertiary/aromatic N) is 2. The summed E-state index contributed by atoms with van der Waals surface area (Å²) < 4.78 is 0. The first kappa shape index (κ1) is 10.1. The maximum atomic E-state index is 11.4. The molecule has 2 aromatic rings. The van der Waals surface area contributed by atoms with E-state index in [0.717, 1.165) is 0 Å². The highest BCUT2D eigenvalue weighted by Gasteiger charge is 1.96. The van der Waals surface area contributed by atoms with Crippen LogP contribution in [0.5, 0.6) is 0 Å². The van der Waals surface area contributed by atoms with Crippen LogP contribution in [0.4, 0.5) is 17.2 Å². The van der Waals surface area contributed by atoms with Crippen LogP contribution in [0.2, 0.25) is 0 Å². The van der Waals surface area contributed by atoms with Crippen LogP contribution in [0.25, 0.3) is 0 Å². The van der Waals surface area contributed by atoms with Crippen LogP contribution >= 0.6 is 0 Å². The minimum atomic E-state index is -0.348. The number of pyridine rings is 1. The van der Waals surface area contributed by atoms with Crippen LogP contribution in [0.15, 0.2) is 57.5 Å². The van der Waals surface area contributed by atoms with E-state index in [1.54, 1.807) is 18.2 Å². The van der Waals surface area contributed by atoms with Gasteiger partial charge in [0.2, 0.25) is 0 Å². The molecule has 1 heterocycles. The lowest BCUT2D eigenvalue weighted by atomic mass is 10.3. The summed E-state index contributed by atoms with van der Waals surface area (Å²) in [7, 11) is 0. The first-order chi connectivity index (χ1) is 7.75. The van der Waals surface area contributed by atoms with Crippen LogP contribution in [0.1, 0.15) is 0 Å². The number of hydrogen-bond donors (Lipinski definition) is 2. The minimum absolute atomic E-state index is 0.234. The van der Waals surface area contributed by atoms with Gasteiger partial charge in [-0.05, 0) is 24.3 Å². The van der Waals surface area contributed by atoms with Crippen LogP contribution in [-0.2, 0) is 0 Å². The lowest BCUT2D eigenvalue weighted by molar-refractivity contribution is 1.16. The van der Waals surface area contributed by atoms with Gasteiger partial charge in [0.1, 0.15) is 5.82 Å². The fraction of sp³-hybridized carbons (Fsp3) is 0. The number of rotatable bonds is 2. The first-order valence-corrected chi connectivity index (χ1v) is 4.71. The van der Waals surface area contributed by atoms with Crippen molar-refractivity contribution in [2.75, 3.05) is 5.73 Å². The van der Waals surface area contributed by atoms with Crippen molar-refractivity contribution in [3.8, 4) is 0 Å². The Morgan fingerprint density at radius 2 is 1.75 bits per heavy atom. The molecule has 1 aromatic carbocycles. The molecule has 0 saturated carbocycles. The Labute approximate surface area is 91.7 Å². The van der Waals surface area contributed by atoms with Crippen molar-refractivity contribution >= 4 is 17.2 Å². The van der Waals surface area contributed by atoms with Crippen LogP contribution in [0, 0.1) is 0 Å². The molecule has 0 aliphatic rings. The number of hydrogen-bond acceptors (Lipinski definition) is 4. The third-order valence-corrected chi connectivity index (χ3v) is 1.94. The van der Waals surface area contributed by atoms with Gasteiger partial charge in [-0.25, -0.2) is 0 Å². The lowest BCUT2D eigenvalue weighted by Gasteiger charge is -1.93. The standard InChI is InChI=1S/C11H10N4O/c12-10-7-6-9(11(16)13-10)15-14-8-4-2-1-3-5-8/h1-7H,(H3,12,13,16). The molecule has 0 radical (unpaired) electrons. The molecule has 5 heteroatoms. The zero-order valence-corrected chi connectivity index (χ0v) is 8.42. The minimum Gasteiger partial charge on any atom is -0.385 e. The molecule has 0 aliphatic carbocycles. The average Bonchev–Trinajstić information content (AvgIpc) is 2.29. The van der Waals surface area contributed by atoms with Gasteiger partial charge in [0.25, 0.3) is 5.56 Å². The van der Waals surface area contributed by atoms with Gasteiger partial charge in [-0.3, -0.25) is 4.79 Å². The molecule has 0 saturated heterocycles. The molecule has 0 aliphatic heterocycles. The molecule has 0 atom stereocenters. The highest BCUT2D eigenvalue weighted by molar-refractivity contribution is 5.41. The van der Waals surface area contributed by atoms with Crippen molar-refractivity contribution in [1.29, 1.82) is 0 Å². The molecule has 0 spiro atoms. The number of anilines is 1. The molecule has 3 N–H and O–H groups in total. The smallest absolute Gasteiger partial charge is 0.277 e. The second-order valence-electron chi connectivity index (χ2n) is 3.16. The number of nitrogens with two attached hydrogens (primary N) is 1. The first-order valence-electron chi connectivity index (χ1n) is 4.71. The highest BCUT2D eigenvalue weighted by Crippen LogP contribution is 2.14. The molecule has 5 nitrogen and oxygen atoms in total. The Morgan fingerprint density at radius 1 is 1.00 bits per heavy atom. The molecule has 1 aromatic heterocycles. The molecule has 2 rings (SSSR count). The maximum absolute atomic E-state index is 11.4. The van der Waals surface area contributed by atoms with Gasteiger partial charge in [-0.15, -0.1) is 5.11 Å². The van der Waals surface area contributed by atoms with E-state index in [1.807, 2.05) is 18.2 Å². The van der Waals surface area contributed by atoms with Gasteiger partial charge in [-0.1, -0.05) is 18.2 Å². The Hall–Kier alpha value is -2.43. The fourth-order valence-electron chi connectivity index (χ4n) is 1.17. The number of H-pyrrole nitrogens is 1. The number of aromatic amines is 1. The van der Waals surface area contributed by atoms with E-state index in [4.69, 9.17) is 5.73 Å². The predicted octanol–water partition coefficient (Wildman–Crippen LogP) is 2.37. The van der Waals surface area contributed by atoms with Crippen molar-refractivity contribution in [2.45, 2.75) is 0 Å². The Bertz CT molecular complexity index is 560. The second kappa shape index (κ2) is 4.39. The van der Waals surface area contributed by atoms with E-state index in [9.17, 15) is 4.79 Å². The molecule has 0 amide bonds. The zero-order valence-electron chi connectivity index (χ0n) is 8.42. The third kappa shape index (κ3) is 2.33. The fourth-order valence-corrected chi connectivity index (χ4v) is 1.17. The molecule has 16 heavy (non-hydrogen) atoms. The summed E-state index contributed by atoms with van der Waals surface area (Å²) in [6, 6.07) is 12.3. The maximum Gasteiger partial charge on any atom is 0.277 e. The van der Waals surface area contributed by atoms with Gasteiger partial charge in [0.15, 0.2) is 5.69 Å². The third-order valence-electron chi connectivity index (χ3n) is 1.94. The molecule has 0 bridgehead atoms. The van der Waals surface area contributed by atoms with Gasteiger partial charge in [0.05, 0.1) is 5.69 Å². The quantitative estimate of drug-likeness (QED) is 0.752. The Morgan fingerprint density at radius 3 is 2.44 bits per heavy atom. The van der Waals surface area contributed by atoms with Gasteiger partial charge in [-0.2, -0.15) is 5.11 Å². The average molecular weight is 214 g/mol. The van der Waals surface area contributed by atoms with Crippen LogP contribution < -0.4 is 11.3 Å². The number of aromatic nitrogens is 1. The number of nitrogen functional groups attached to an aromatic ring is 1. The van der Waals surface area contributed by atoms with Crippen LogP contribution in [-0.4, -0.2) is 4.98 Å². The van der Waals surface area contributed by atoms with Crippen molar-refractivity contribution in [3.05, 3.63) is 52.8 Å². The molecular formula is C11H10N4O. The van der Waals surface area contributed by atoms with Crippen molar-refractivity contribution in [1.82, 2.24) is 4.98 Å². The van der Waals surface area contributed by atoms with Gasteiger partial charge in [0, 0.05) is 0 Å². The van der Waals surface area contributed by atoms with E-state index in [-0.39, 0.29) is 11.2 Å².